The zero-order valence-corrected chi connectivity index (χ0v) is 13.9. The van der Waals surface area contributed by atoms with Crippen LogP contribution in [0.1, 0.15) is 33.1 Å². The van der Waals surface area contributed by atoms with Crippen LogP contribution < -0.4 is 15.4 Å². The van der Waals surface area contributed by atoms with Gasteiger partial charge in [0.1, 0.15) is 6.10 Å². The molecule has 0 aromatic carbocycles. The van der Waals surface area contributed by atoms with E-state index in [1.807, 2.05) is 12.3 Å². The first-order valence-electron chi connectivity index (χ1n) is 8.45. The van der Waals surface area contributed by atoms with Crippen molar-refractivity contribution in [3.05, 3.63) is 18.5 Å². The van der Waals surface area contributed by atoms with E-state index in [4.69, 9.17) is 4.74 Å². The van der Waals surface area contributed by atoms with E-state index in [0.717, 1.165) is 49.8 Å². The lowest BCUT2D eigenvalue weighted by atomic mass is 10.1. The van der Waals surface area contributed by atoms with Crippen molar-refractivity contribution in [2.24, 2.45) is 5.92 Å². The average molecular weight is 315 g/mol. The molecular formula is C17H25N5O. The largest absolute Gasteiger partial charge is 0.474 e. The van der Waals surface area contributed by atoms with E-state index in [0.29, 0.717) is 17.7 Å². The summed E-state index contributed by atoms with van der Waals surface area (Å²) in [5, 5.41) is 7.49. The standard InChI is InChI=1S/C17H25N5O/c1-12(2)3-9-20-17-21-11-14-15(22-17)6-10-19-16(14)23-13-4-7-18-8-5-13/h6,10-13,18H,3-5,7-9H2,1-2H3,(H,20,21,22). The van der Waals surface area contributed by atoms with Crippen molar-refractivity contribution in [2.45, 2.75) is 39.2 Å². The van der Waals surface area contributed by atoms with Crippen LogP contribution in [-0.4, -0.2) is 40.7 Å². The molecule has 0 spiro atoms. The molecule has 124 valence electrons. The first-order chi connectivity index (χ1) is 11.2. The van der Waals surface area contributed by atoms with Crippen LogP contribution in [0.3, 0.4) is 0 Å². The molecule has 2 N–H and O–H groups in total. The highest BCUT2D eigenvalue weighted by molar-refractivity contribution is 5.83. The van der Waals surface area contributed by atoms with E-state index in [-0.39, 0.29) is 6.10 Å². The number of fused-ring (bicyclic) bond motifs is 1. The molecule has 0 unspecified atom stereocenters. The Morgan fingerprint density at radius 1 is 1.30 bits per heavy atom. The highest BCUT2D eigenvalue weighted by Crippen LogP contribution is 2.24. The van der Waals surface area contributed by atoms with Crippen molar-refractivity contribution in [3.8, 4) is 5.88 Å². The lowest BCUT2D eigenvalue weighted by Gasteiger charge is -2.23. The van der Waals surface area contributed by atoms with Gasteiger partial charge < -0.3 is 15.4 Å². The molecule has 6 nitrogen and oxygen atoms in total. The van der Waals surface area contributed by atoms with Crippen LogP contribution in [-0.2, 0) is 0 Å². The second-order valence-corrected chi connectivity index (χ2v) is 6.42. The Balaban J connectivity index is 1.73. The molecule has 1 saturated heterocycles. The zero-order chi connectivity index (χ0) is 16.1. The number of piperidine rings is 1. The van der Waals surface area contributed by atoms with Crippen LogP contribution in [0.5, 0.6) is 5.88 Å². The molecule has 0 saturated carbocycles. The van der Waals surface area contributed by atoms with Crippen molar-refractivity contribution < 1.29 is 4.74 Å². The maximum Gasteiger partial charge on any atom is 0.224 e. The Kier molecular flexibility index (Phi) is 5.23. The smallest absolute Gasteiger partial charge is 0.224 e. The summed E-state index contributed by atoms with van der Waals surface area (Å²) in [7, 11) is 0. The van der Waals surface area contributed by atoms with Crippen LogP contribution in [0.2, 0.25) is 0 Å². The molecule has 0 amide bonds. The van der Waals surface area contributed by atoms with Crippen molar-refractivity contribution in [3.63, 3.8) is 0 Å². The maximum absolute atomic E-state index is 6.07. The normalized spacial score (nSPS) is 16.0. The Morgan fingerprint density at radius 2 is 2.13 bits per heavy atom. The van der Waals surface area contributed by atoms with Gasteiger partial charge in [0.15, 0.2) is 0 Å². The van der Waals surface area contributed by atoms with Gasteiger partial charge in [-0.25, -0.2) is 15.0 Å². The molecule has 2 aromatic heterocycles. The number of hydrogen-bond acceptors (Lipinski definition) is 6. The number of hydrogen-bond donors (Lipinski definition) is 2. The Hall–Kier alpha value is -1.95. The Labute approximate surface area is 137 Å². The molecule has 0 radical (unpaired) electrons. The maximum atomic E-state index is 6.07. The molecule has 0 aliphatic carbocycles. The summed E-state index contributed by atoms with van der Waals surface area (Å²) < 4.78 is 6.07. The highest BCUT2D eigenvalue weighted by Gasteiger charge is 2.17. The third kappa shape index (κ3) is 4.28. The van der Waals surface area contributed by atoms with Gasteiger partial charge in [0.25, 0.3) is 0 Å². The van der Waals surface area contributed by atoms with Crippen LogP contribution in [0.25, 0.3) is 10.9 Å². The molecule has 23 heavy (non-hydrogen) atoms. The van der Waals surface area contributed by atoms with Gasteiger partial charge in [-0.05, 0) is 44.3 Å². The SMILES string of the molecule is CC(C)CCNc1ncc2c(OC3CCNCC3)nccc2n1. The number of nitrogens with one attached hydrogen (secondary N) is 2. The number of ether oxygens (including phenoxy) is 1. The minimum Gasteiger partial charge on any atom is -0.474 e. The van der Waals surface area contributed by atoms with E-state index >= 15 is 0 Å². The lowest BCUT2D eigenvalue weighted by Crippen LogP contribution is -2.34. The monoisotopic (exact) mass is 315 g/mol. The van der Waals surface area contributed by atoms with Crippen LogP contribution in [0, 0.1) is 5.92 Å². The first kappa shape index (κ1) is 15.9. The predicted molar refractivity (Wildman–Crippen MR) is 91.8 cm³/mol. The zero-order valence-electron chi connectivity index (χ0n) is 13.9. The molecule has 6 heteroatoms. The number of rotatable bonds is 6. The van der Waals surface area contributed by atoms with Gasteiger partial charge in [0, 0.05) is 18.9 Å². The summed E-state index contributed by atoms with van der Waals surface area (Å²) >= 11 is 0. The number of nitrogens with zero attached hydrogens (tertiary/aromatic N) is 3. The molecule has 1 aliphatic heterocycles. The van der Waals surface area contributed by atoms with Crippen molar-refractivity contribution >= 4 is 16.9 Å². The third-order valence-corrected chi connectivity index (χ3v) is 4.04. The van der Waals surface area contributed by atoms with E-state index in [1.54, 1.807) is 6.20 Å². The van der Waals surface area contributed by atoms with E-state index in [9.17, 15) is 0 Å². The lowest BCUT2D eigenvalue weighted by molar-refractivity contribution is 0.158. The van der Waals surface area contributed by atoms with Gasteiger partial charge >= 0.3 is 0 Å². The second-order valence-electron chi connectivity index (χ2n) is 6.42. The van der Waals surface area contributed by atoms with Crippen LogP contribution in [0.15, 0.2) is 18.5 Å². The molecule has 0 atom stereocenters. The van der Waals surface area contributed by atoms with Crippen molar-refractivity contribution in [1.29, 1.82) is 0 Å². The number of anilines is 1. The van der Waals surface area contributed by atoms with Gasteiger partial charge in [0.05, 0.1) is 10.9 Å². The molecule has 3 rings (SSSR count). The summed E-state index contributed by atoms with van der Waals surface area (Å²) in [5.41, 5.74) is 0.867. The minimum atomic E-state index is 0.221. The van der Waals surface area contributed by atoms with Crippen LogP contribution >= 0.6 is 0 Å². The van der Waals surface area contributed by atoms with Gasteiger partial charge in [0.2, 0.25) is 11.8 Å². The summed E-state index contributed by atoms with van der Waals surface area (Å²) in [5.74, 6) is 1.97. The molecule has 1 fully saturated rings. The Morgan fingerprint density at radius 3 is 2.91 bits per heavy atom. The molecule has 3 heterocycles. The number of aromatic nitrogens is 3. The Bertz CT molecular complexity index is 640. The number of pyridine rings is 1. The average Bonchev–Trinajstić information content (AvgIpc) is 2.55. The van der Waals surface area contributed by atoms with Gasteiger partial charge in [-0.15, -0.1) is 0 Å². The molecule has 1 aliphatic rings. The first-order valence-corrected chi connectivity index (χ1v) is 8.45. The van der Waals surface area contributed by atoms with Gasteiger partial charge in [-0.2, -0.15) is 0 Å². The molecular weight excluding hydrogens is 290 g/mol. The van der Waals surface area contributed by atoms with E-state index in [2.05, 4.69) is 39.4 Å². The summed E-state index contributed by atoms with van der Waals surface area (Å²) in [4.78, 5) is 13.3. The third-order valence-electron chi connectivity index (χ3n) is 4.04. The van der Waals surface area contributed by atoms with E-state index in [1.165, 1.54) is 0 Å². The fourth-order valence-electron chi connectivity index (χ4n) is 2.65. The fourth-order valence-corrected chi connectivity index (χ4v) is 2.65. The highest BCUT2D eigenvalue weighted by atomic mass is 16.5. The van der Waals surface area contributed by atoms with Gasteiger partial charge in [-0.1, -0.05) is 13.8 Å². The fraction of sp³-hybridized carbons (Fsp3) is 0.588. The van der Waals surface area contributed by atoms with Crippen LogP contribution in [0.4, 0.5) is 5.95 Å². The molecule has 0 bridgehead atoms. The van der Waals surface area contributed by atoms with E-state index < -0.39 is 0 Å². The van der Waals surface area contributed by atoms with Crippen molar-refractivity contribution in [1.82, 2.24) is 20.3 Å². The molecule has 2 aromatic rings. The van der Waals surface area contributed by atoms with Gasteiger partial charge in [-0.3, -0.25) is 0 Å². The quantitative estimate of drug-likeness (QED) is 0.854. The predicted octanol–water partition coefficient (Wildman–Crippen LogP) is 2.61. The summed E-state index contributed by atoms with van der Waals surface area (Å²) in [6.07, 6.45) is 6.90. The topological polar surface area (TPSA) is 72.0 Å². The summed E-state index contributed by atoms with van der Waals surface area (Å²) in [6, 6.07) is 1.90. The minimum absolute atomic E-state index is 0.221. The van der Waals surface area contributed by atoms with Crippen molar-refractivity contribution in [2.75, 3.05) is 25.0 Å². The summed E-state index contributed by atoms with van der Waals surface area (Å²) in [6.45, 7) is 7.29. The second kappa shape index (κ2) is 7.55.